The topological polar surface area (TPSA) is 15.8 Å². The van der Waals surface area contributed by atoms with Crippen LogP contribution in [0, 0.1) is 6.20 Å². The molecule has 1 aromatic heterocycles. The fourth-order valence-corrected chi connectivity index (χ4v) is 2.00. The fraction of sp³-hybridized carbons (Fsp3) is 0.100. The third kappa shape index (κ3) is 7.55. The molecule has 0 unspecified atom stereocenters. The van der Waals surface area contributed by atoms with Gasteiger partial charge in [-0.3, -0.25) is 0 Å². The van der Waals surface area contributed by atoms with Crippen LogP contribution in [0.3, 0.4) is 0 Å². The first-order valence-corrected chi connectivity index (χ1v) is 8.01. The molecule has 0 radical (unpaired) electrons. The molecule has 0 atom stereocenters. The Balaban J connectivity index is 0.000000341. The third-order valence-electron chi connectivity index (χ3n) is 2.94. The molecule has 4 aromatic rings. The van der Waals surface area contributed by atoms with Gasteiger partial charge in [-0.25, -0.2) is 0 Å². The number of para-hydroxylation sites is 1. The van der Waals surface area contributed by atoms with E-state index in [4.69, 9.17) is 0 Å². The zero-order valence-corrected chi connectivity index (χ0v) is 16.8. The minimum absolute atomic E-state index is 0. The number of aromatic nitrogens is 1. The van der Waals surface area contributed by atoms with E-state index < -0.39 is 0 Å². The molecule has 0 saturated heterocycles. The summed E-state index contributed by atoms with van der Waals surface area (Å²) in [6, 6.07) is 24.7. The molecule has 0 fully saturated rings. The Morgan fingerprint density at radius 3 is 2.12 bits per heavy atom. The van der Waals surface area contributed by atoms with Gasteiger partial charge in [0.05, 0.1) is 0 Å². The largest absolute Gasteiger partial charge is 1.00 e. The molecule has 0 saturated carbocycles. The summed E-state index contributed by atoms with van der Waals surface area (Å²) in [6.07, 6.45) is 2.91. The van der Waals surface area contributed by atoms with E-state index in [-0.39, 0.29) is 24.8 Å². The summed E-state index contributed by atoms with van der Waals surface area (Å²) >= 11 is 2.08. The Kier molecular flexibility index (Phi) is 11.5. The van der Waals surface area contributed by atoms with Crippen molar-refractivity contribution >= 4 is 25.5 Å². The number of H-pyrrole nitrogens is 1. The van der Waals surface area contributed by atoms with Gasteiger partial charge in [0.15, 0.2) is 0 Å². The molecule has 4 rings (SSSR count). The molecule has 1 N–H and O–H groups in total. The van der Waals surface area contributed by atoms with Crippen molar-refractivity contribution in [3.8, 4) is 0 Å². The molecule has 1 heterocycles. The molecule has 1 nitrogen and oxygen atoms in total. The summed E-state index contributed by atoms with van der Waals surface area (Å²) < 4.78 is 1.42. The summed E-state index contributed by atoms with van der Waals surface area (Å²) in [5.41, 5.74) is 1.15. The number of halogens is 2. The first-order valence-electron chi connectivity index (χ1n) is 7.23. The van der Waals surface area contributed by atoms with Crippen molar-refractivity contribution in [2.45, 2.75) is 13.8 Å². The first kappa shape index (κ1) is 22.8. The number of benzene rings is 2. The third-order valence-corrected chi connectivity index (χ3v) is 2.94. The van der Waals surface area contributed by atoms with E-state index in [0.29, 0.717) is 0 Å². The van der Waals surface area contributed by atoms with Gasteiger partial charge in [-0.15, -0.1) is 53.5 Å². The second kappa shape index (κ2) is 12.2. The predicted molar refractivity (Wildman–Crippen MR) is 93.0 cm³/mol. The van der Waals surface area contributed by atoms with Crippen LogP contribution in [0.2, 0.25) is 0 Å². The first-order chi connectivity index (χ1) is 10.7. The summed E-state index contributed by atoms with van der Waals surface area (Å²) in [7, 11) is 0. The van der Waals surface area contributed by atoms with Gasteiger partial charge in [-0.1, -0.05) is 18.2 Å². The van der Waals surface area contributed by atoms with Crippen LogP contribution in [-0.4, -0.2) is 8.80 Å². The Morgan fingerprint density at radius 1 is 0.917 bits per heavy atom. The SMILES string of the molecule is C[C](C)=[Ti+2].[Cl-].[Cl-].[c-]1cc2ccccc2[nH]1.c1ccc2[cH-]ccc2c1. The molecule has 3 aromatic carbocycles. The van der Waals surface area contributed by atoms with Gasteiger partial charge < -0.3 is 29.8 Å². The van der Waals surface area contributed by atoms with Crippen LogP contribution in [0.15, 0.2) is 72.8 Å². The van der Waals surface area contributed by atoms with Gasteiger partial charge in [-0.2, -0.15) is 29.0 Å². The average molecular weight is 392 g/mol. The molecule has 4 heteroatoms. The Hall–Kier alpha value is -1.25. The Labute approximate surface area is 167 Å². The van der Waals surface area contributed by atoms with Crippen molar-refractivity contribution in [3.63, 3.8) is 0 Å². The maximum atomic E-state index is 2.99. The molecule has 0 aliphatic carbocycles. The molecule has 0 bridgehead atoms. The standard InChI is InChI=1S/C9H7.C8H6N.C3H6.2ClH.Ti/c1-2-5-9-7-3-6-8(9)4-1;1-2-4-8-7(3-1)5-6-9-8;1-3-2;;;/h1-7H;1-5,9H;1-2H3;2*1H;/q2*-1;;;;+2/p-2. The van der Waals surface area contributed by atoms with E-state index in [1.165, 1.54) is 20.0 Å². The van der Waals surface area contributed by atoms with E-state index in [2.05, 4.69) is 93.5 Å². The van der Waals surface area contributed by atoms with Crippen molar-refractivity contribution < 1.29 is 44.8 Å². The minimum Gasteiger partial charge on any atom is -1.00 e. The van der Waals surface area contributed by atoms with Crippen molar-refractivity contribution in [3.05, 3.63) is 79.0 Å². The van der Waals surface area contributed by atoms with E-state index in [9.17, 15) is 0 Å². The van der Waals surface area contributed by atoms with Gasteiger partial charge in [0, 0.05) is 0 Å². The summed E-state index contributed by atoms with van der Waals surface area (Å²) in [5, 5.41) is 3.88. The van der Waals surface area contributed by atoms with E-state index in [0.717, 1.165) is 5.52 Å². The molecule has 124 valence electrons. The molecule has 0 aliphatic rings. The minimum atomic E-state index is 0. The molecular weight excluding hydrogens is 373 g/mol. The van der Waals surface area contributed by atoms with Crippen molar-refractivity contribution in [2.24, 2.45) is 0 Å². The smallest absolute Gasteiger partial charge is 0.0745 e. The maximum Gasteiger partial charge on any atom is -0.0745 e. The van der Waals surface area contributed by atoms with Gasteiger partial charge in [0.2, 0.25) is 0 Å². The number of fused-ring (bicyclic) bond motifs is 2. The van der Waals surface area contributed by atoms with Crippen LogP contribution in [0.25, 0.3) is 21.7 Å². The van der Waals surface area contributed by atoms with Crippen LogP contribution >= 0.6 is 0 Å². The Morgan fingerprint density at radius 2 is 1.50 bits per heavy atom. The van der Waals surface area contributed by atoms with Gasteiger partial charge in [-0.05, 0) is 0 Å². The van der Waals surface area contributed by atoms with Gasteiger partial charge in [0.1, 0.15) is 0 Å². The van der Waals surface area contributed by atoms with E-state index >= 15 is 0 Å². The maximum absolute atomic E-state index is 2.99. The second-order valence-corrected chi connectivity index (χ2v) is 6.72. The molecule has 0 aliphatic heterocycles. The van der Waals surface area contributed by atoms with Crippen molar-refractivity contribution in [1.29, 1.82) is 0 Å². The zero-order chi connectivity index (χ0) is 15.8. The average Bonchev–Trinajstić information content (AvgIpc) is 3.16. The number of hydrogen-bond acceptors (Lipinski definition) is 0. The number of hydrogen-bond donors (Lipinski definition) is 1. The van der Waals surface area contributed by atoms with Crippen LogP contribution in [0.1, 0.15) is 13.8 Å². The molecular formula is C20H19Cl2NTi-2. The second-order valence-electron chi connectivity index (χ2n) is 5.16. The fourth-order valence-electron chi connectivity index (χ4n) is 2.00. The van der Waals surface area contributed by atoms with Crippen LogP contribution < -0.4 is 24.8 Å². The normalized spacial score (nSPS) is 8.83. The predicted octanol–water partition coefficient (Wildman–Crippen LogP) is -0.720. The van der Waals surface area contributed by atoms with E-state index in [1.54, 1.807) is 0 Å². The summed E-state index contributed by atoms with van der Waals surface area (Å²) in [5.74, 6) is 0. The molecule has 0 amide bonds. The summed E-state index contributed by atoms with van der Waals surface area (Å²) in [4.78, 5) is 2.99. The van der Waals surface area contributed by atoms with E-state index in [1.807, 2.05) is 24.3 Å². The van der Waals surface area contributed by atoms with Crippen LogP contribution in [-0.2, 0) is 20.0 Å². The van der Waals surface area contributed by atoms with Gasteiger partial charge in [0.25, 0.3) is 0 Å². The zero-order valence-electron chi connectivity index (χ0n) is 13.7. The monoisotopic (exact) mass is 391 g/mol. The van der Waals surface area contributed by atoms with Crippen LogP contribution in [0.5, 0.6) is 0 Å². The Bertz CT molecular complexity index is 718. The number of aromatic amines is 1. The number of nitrogens with one attached hydrogen (secondary N) is 1. The summed E-state index contributed by atoms with van der Waals surface area (Å²) in [6.45, 7) is 4.17. The molecule has 24 heavy (non-hydrogen) atoms. The molecule has 0 spiro atoms. The van der Waals surface area contributed by atoms with Crippen LogP contribution in [0.4, 0.5) is 0 Å². The van der Waals surface area contributed by atoms with Crippen molar-refractivity contribution in [2.75, 3.05) is 0 Å². The van der Waals surface area contributed by atoms with Crippen molar-refractivity contribution in [1.82, 2.24) is 4.98 Å². The van der Waals surface area contributed by atoms with Gasteiger partial charge >= 0.3 is 37.6 Å². The number of rotatable bonds is 0. The quantitative estimate of drug-likeness (QED) is 0.301.